The Hall–Kier alpha value is -3.00. The van der Waals surface area contributed by atoms with Crippen LogP contribution in [-0.4, -0.2) is 64.2 Å². The van der Waals surface area contributed by atoms with Crippen LogP contribution >= 0.6 is 11.6 Å². The fourth-order valence-corrected chi connectivity index (χ4v) is 5.77. The monoisotopic (exact) mass is 522 g/mol. The van der Waals surface area contributed by atoms with Crippen molar-refractivity contribution in [2.24, 2.45) is 11.8 Å². The summed E-state index contributed by atoms with van der Waals surface area (Å²) in [5.41, 5.74) is 0.479. The predicted molar refractivity (Wildman–Crippen MR) is 127 cm³/mol. The second-order valence-corrected chi connectivity index (χ2v) is 10.2. The molecule has 1 aromatic rings. The number of carbonyl (C=O) groups is 3. The van der Waals surface area contributed by atoms with Crippen LogP contribution in [0.5, 0.6) is 0 Å². The van der Waals surface area contributed by atoms with E-state index >= 15 is 0 Å². The minimum absolute atomic E-state index is 0.0823. The molecule has 1 saturated carbocycles. The Balaban J connectivity index is 1.52. The molecule has 0 aromatic carbocycles. The van der Waals surface area contributed by atoms with Crippen molar-refractivity contribution in [2.45, 2.75) is 75.5 Å². The van der Waals surface area contributed by atoms with Crippen LogP contribution in [0.3, 0.4) is 0 Å². The summed E-state index contributed by atoms with van der Waals surface area (Å²) in [7, 11) is 0. The Labute approximate surface area is 212 Å². The van der Waals surface area contributed by atoms with Crippen molar-refractivity contribution in [1.29, 1.82) is 5.26 Å². The number of alkyl halides is 2. The van der Waals surface area contributed by atoms with E-state index in [0.29, 0.717) is 30.1 Å². The standard InChI is InChI=1S/C24H29ClF2N6O3/c1-13(31-17-8-15(25)11-29-12-17)23(36)33-18-4-5-19(24(26,27)9-18)20(33)22(35)32-16(10-28)7-14-3-2-6-30-21(14)34/h8,11-14,16,18-20,31H,2-7,9H2,1H3,(H,30,34)(H,32,35)/t13-,14-,16+,18+,19+,20+/m1/s1. The second kappa shape index (κ2) is 10.5. The number of nitriles is 1. The largest absolute Gasteiger partial charge is 0.373 e. The molecule has 5 rings (SSSR count). The highest BCUT2D eigenvalue weighted by atomic mass is 35.5. The van der Waals surface area contributed by atoms with E-state index in [-0.39, 0.29) is 18.7 Å². The molecule has 3 N–H and O–H groups in total. The number of anilines is 1. The maximum Gasteiger partial charge on any atom is 0.255 e. The van der Waals surface area contributed by atoms with Crippen molar-refractivity contribution in [3.05, 3.63) is 23.5 Å². The summed E-state index contributed by atoms with van der Waals surface area (Å²) in [4.78, 5) is 44.2. The lowest BCUT2D eigenvalue weighted by Gasteiger charge is -2.54. The zero-order chi connectivity index (χ0) is 26.0. The van der Waals surface area contributed by atoms with Crippen molar-refractivity contribution in [1.82, 2.24) is 20.5 Å². The van der Waals surface area contributed by atoms with Crippen LogP contribution < -0.4 is 16.0 Å². The third-order valence-corrected chi connectivity index (χ3v) is 7.52. The zero-order valence-electron chi connectivity index (χ0n) is 19.8. The molecule has 194 valence electrons. The average molecular weight is 523 g/mol. The van der Waals surface area contributed by atoms with Gasteiger partial charge in [-0.25, -0.2) is 8.78 Å². The van der Waals surface area contributed by atoms with Gasteiger partial charge in [0.15, 0.2) is 0 Å². The maximum absolute atomic E-state index is 14.9. The van der Waals surface area contributed by atoms with Gasteiger partial charge in [0.2, 0.25) is 17.7 Å². The highest BCUT2D eigenvalue weighted by molar-refractivity contribution is 6.30. The van der Waals surface area contributed by atoms with Crippen molar-refractivity contribution in [3.8, 4) is 6.07 Å². The van der Waals surface area contributed by atoms with E-state index in [0.717, 1.165) is 6.42 Å². The number of rotatable bonds is 7. The van der Waals surface area contributed by atoms with Gasteiger partial charge >= 0.3 is 0 Å². The van der Waals surface area contributed by atoms with Gasteiger partial charge in [0.25, 0.3) is 5.92 Å². The molecule has 36 heavy (non-hydrogen) atoms. The normalized spacial score (nSPS) is 28.4. The minimum atomic E-state index is -3.11. The molecule has 0 radical (unpaired) electrons. The van der Waals surface area contributed by atoms with E-state index in [2.05, 4.69) is 20.9 Å². The van der Waals surface area contributed by atoms with Gasteiger partial charge in [0.05, 0.1) is 28.9 Å². The Bertz CT molecular complexity index is 1070. The molecule has 3 saturated heterocycles. The van der Waals surface area contributed by atoms with Gasteiger partial charge in [0, 0.05) is 31.1 Å². The summed E-state index contributed by atoms with van der Waals surface area (Å²) in [5, 5.41) is 18.3. The van der Waals surface area contributed by atoms with Gasteiger partial charge in [-0.05, 0) is 45.1 Å². The summed E-state index contributed by atoms with van der Waals surface area (Å²) in [6.45, 7) is 2.14. The van der Waals surface area contributed by atoms with Gasteiger partial charge in [-0.15, -0.1) is 0 Å². The minimum Gasteiger partial charge on any atom is -0.373 e. The summed E-state index contributed by atoms with van der Waals surface area (Å²) in [5.74, 6) is -6.39. The molecular weight excluding hydrogens is 494 g/mol. The number of pyridine rings is 1. The first kappa shape index (κ1) is 26.1. The average Bonchev–Trinajstić information content (AvgIpc) is 2.83. The van der Waals surface area contributed by atoms with Crippen molar-refractivity contribution in [2.75, 3.05) is 11.9 Å². The molecule has 4 aliphatic rings. The predicted octanol–water partition coefficient (Wildman–Crippen LogP) is 2.47. The number of hydrogen-bond donors (Lipinski definition) is 3. The lowest BCUT2D eigenvalue weighted by Crippen LogP contribution is -2.70. The molecule has 3 aliphatic heterocycles. The fourth-order valence-electron chi connectivity index (χ4n) is 5.60. The van der Waals surface area contributed by atoms with Gasteiger partial charge in [-0.2, -0.15) is 5.26 Å². The molecule has 4 heterocycles. The molecule has 4 fully saturated rings. The molecular formula is C24H29ClF2N6O3. The van der Waals surface area contributed by atoms with Gasteiger partial charge in [-0.1, -0.05) is 11.6 Å². The SMILES string of the molecule is C[C@@H](Nc1cncc(Cl)c1)C(=O)N1[C@H]2CC[C@@H]([C@H]1C(=O)N[C@H](C#N)C[C@H]1CCCNC1=O)C(F)(F)C2. The van der Waals surface area contributed by atoms with Crippen LogP contribution in [0.4, 0.5) is 14.5 Å². The quantitative estimate of drug-likeness (QED) is 0.505. The van der Waals surface area contributed by atoms with Crippen LogP contribution in [-0.2, 0) is 14.4 Å². The van der Waals surface area contributed by atoms with E-state index in [1.807, 2.05) is 6.07 Å². The summed E-state index contributed by atoms with van der Waals surface area (Å²) in [6, 6.07) is -0.547. The maximum atomic E-state index is 14.9. The molecule has 12 heteroatoms. The van der Waals surface area contributed by atoms with Gasteiger partial charge in [0.1, 0.15) is 18.1 Å². The lowest BCUT2D eigenvalue weighted by atomic mass is 9.71. The number of piperidine rings is 3. The van der Waals surface area contributed by atoms with E-state index in [4.69, 9.17) is 11.6 Å². The Morgan fingerprint density at radius 3 is 2.81 bits per heavy atom. The molecule has 9 nitrogen and oxygen atoms in total. The van der Waals surface area contributed by atoms with E-state index in [1.54, 1.807) is 13.0 Å². The molecule has 3 amide bonds. The molecule has 1 aliphatic carbocycles. The third kappa shape index (κ3) is 5.38. The number of amides is 3. The highest BCUT2D eigenvalue weighted by Crippen LogP contribution is 2.49. The topological polar surface area (TPSA) is 127 Å². The smallest absolute Gasteiger partial charge is 0.255 e. The van der Waals surface area contributed by atoms with Crippen LogP contribution in [0.2, 0.25) is 5.02 Å². The number of fused-ring (bicyclic) bond motifs is 3. The summed E-state index contributed by atoms with van der Waals surface area (Å²) >= 11 is 5.96. The third-order valence-electron chi connectivity index (χ3n) is 7.31. The van der Waals surface area contributed by atoms with E-state index < -0.39 is 60.2 Å². The summed E-state index contributed by atoms with van der Waals surface area (Å²) in [6.07, 6.45) is 4.30. The van der Waals surface area contributed by atoms with Gasteiger partial charge in [-0.3, -0.25) is 19.4 Å². The van der Waals surface area contributed by atoms with Crippen LogP contribution in [0, 0.1) is 23.2 Å². The Morgan fingerprint density at radius 1 is 1.36 bits per heavy atom. The number of halogens is 3. The molecule has 0 spiro atoms. The number of hydrogen-bond acceptors (Lipinski definition) is 6. The van der Waals surface area contributed by atoms with Crippen LogP contribution in [0.25, 0.3) is 0 Å². The highest BCUT2D eigenvalue weighted by Gasteiger charge is 2.60. The van der Waals surface area contributed by atoms with Crippen molar-refractivity contribution in [3.63, 3.8) is 0 Å². The molecule has 0 unspecified atom stereocenters. The number of carbonyl (C=O) groups excluding carboxylic acids is 3. The first-order valence-corrected chi connectivity index (χ1v) is 12.5. The van der Waals surface area contributed by atoms with E-state index in [1.165, 1.54) is 17.3 Å². The first-order chi connectivity index (χ1) is 17.1. The Morgan fingerprint density at radius 2 is 2.14 bits per heavy atom. The fraction of sp³-hybridized carbons (Fsp3) is 0.625. The Kier molecular flexibility index (Phi) is 7.64. The number of aromatic nitrogens is 1. The summed E-state index contributed by atoms with van der Waals surface area (Å²) < 4.78 is 29.8. The number of nitrogens with one attached hydrogen (secondary N) is 3. The molecule has 1 aromatic heterocycles. The number of nitrogens with zero attached hydrogens (tertiary/aromatic N) is 3. The molecule has 6 atom stereocenters. The van der Waals surface area contributed by atoms with Gasteiger partial charge < -0.3 is 20.9 Å². The van der Waals surface area contributed by atoms with Crippen LogP contribution in [0.1, 0.15) is 45.4 Å². The van der Waals surface area contributed by atoms with Crippen molar-refractivity contribution < 1.29 is 23.2 Å². The zero-order valence-corrected chi connectivity index (χ0v) is 20.6. The van der Waals surface area contributed by atoms with Crippen molar-refractivity contribution >= 4 is 35.0 Å². The van der Waals surface area contributed by atoms with Crippen LogP contribution in [0.15, 0.2) is 18.5 Å². The van der Waals surface area contributed by atoms with E-state index in [9.17, 15) is 28.4 Å². The lowest BCUT2D eigenvalue weighted by molar-refractivity contribution is -0.194. The first-order valence-electron chi connectivity index (χ1n) is 12.2. The second-order valence-electron chi connectivity index (χ2n) is 9.81. The molecule has 2 bridgehead atoms.